The Labute approximate surface area is 107 Å². The van der Waals surface area contributed by atoms with Gasteiger partial charge in [0, 0.05) is 12.6 Å². The molecule has 6 heteroatoms. The first-order chi connectivity index (χ1) is 8.61. The van der Waals surface area contributed by atoms with Crippen molar-refractivity contribution in [2.24, 2.45) is 5.73 Å². The van der Waals surface area contributed by atoms with Crippen molar-refractivity contribution in [3.8, 4) is 0 Å². The van der Waals surface area contributed by atoms with Crippen LogP contribution in [-0.4, -0.2) is 39.3 Å². The van der Waals surface area contributed by atoms with Crippen molar-refractivity contribution in [1.82, 2.24) is 14.8 Å². The van der Waals surface area contributed by atoms with Gasteiger partial charge in [-0.1, -0.05) is 0 Å². The highest BCUT2D eigenvalue weighted by Gasteiger charge is 2.30. The average Bonchev–Trinajstić information content (AvgIpc) is 2.96. The maximum Gasteiger partial charge on any atom is 0.169 e. The van der Waals surface area contributed by atoms with Crippen LogP contribution < -0.4 is 5.73 Å². The number of rotatable bonds is 5. The maximum atomic E-state index is 12.1. The van der Waals surface area contributed by atoms with E-state index in [1.165, 1.54) is 6.33 Å². The summed E-state index contributed by atoms with van der Waals surface area (Å²) in [6.07, 6.45) is 3.10. The Morgan fingerprint density at radius 1 is 1.61 bits per heavy atom. The molecular weight excluding hydrogens is 232 g/mol. The molecule has 0 aliphatic carbocycles. The van der Waals surface area contributed by atoms with Gasteiger partial charge in [0.25, 0.3) is 0 Å². The number of nitrogens with two attached hydrogens (primary N) is 1. The number of hydrogen-bond donors (Lipinski definition) is 1. The molecule has 0 spiro atoms. The standard InChI is InChI=1S/C12H20N4O2/c1-8(2)16-12(14-7-15-16)5-10(17)11-4-3-9(6-13)18-11/h7-9,11H,3-6,13H2,1-2H3. The number of aromatic nitrogens is 3. The van der Waals surface area contributed by atoms with E-state index in [1.807, 2.05) is 13.8 Å². The fourth-order valence-electron chi connectivity index (χ4n) is 2.22. The van der Waals surface area contributed by atoms with Gasteiger partial charge in [0.1, 0.15) is 18.3 Å². The van der Waals surface area contributed by atoms with E-state index < -0.39 is 0 Å². The van der Waals surface area contributed by atoms with Gasteiger partial charge in [-0.3, -0.25) is 4.79 Å². The first-order valence-electron chi connectivity index (χ1n) is 6.38. The average molecular weight is 252 g/mol. The number of carbonyl (C=O) groups is 1. The Kier molecular flexibility index (Phi) is 4.08. The lowest BCUT2D eigenvalue weighted by Crippen LogP contribution is -2.27. The van der Waals surface area contributed by atoms with Crippen molar-refractivity contribution in [3.05, 3.63) is 12.2 Å². The SMILES string of the molecule is CC(C)n1ncnc1CC(=O)C1CCC(CN)O1. The molecule has 100 valence electrons. The van der Waals surface area contributed by atoms with Gasteiger partial charge in [-0.25, -0.2) is 9.67 Å². The van der Waals surface area contributed by atoms with Crippen LogP contribution in [0, 0.1) is 0 Å². The first kappa shape index (κ1) is 13.2. The zero-order chi connectivity index (χ0) is 13.1. The molecule has 1 aliphatic rings. The Hall–Kier alpha value is -1.27. The highest BCUT2D eigenvalue weighted by atomic mass is 16.5. The minimum Gasteiger partial charge on any atom is -0.366 e. The van der Waals surface area contributed by atoms with Gasteiger partial charge in [0.05, 0.1) is 12.5 Å². The van der Waals surface area contributed by atoms with E-state index in [-0.39, 0.29) is 30.5 Å². The highest BCUT2D eigenvalue weighted by Crippen LogP contribution is 2.20. The molecule has 1 saturated heterocycles. The number of nitrogens with zero attached hydrogens (tertiary/aromatic N) is 3. The lowest BCUT2D eigenvalue weighted by atomic mass is 10.1. The van der Waals surface area contributed by atoms with Crippen LogP contribution in [0.3, 0.4) is 0 Å². The lowest BCUT2D eigenvalue weighted by molar-refractivity contribution is -0.129. The van der Waals surface area contributed by atoms with E-state index in [4.69, 9.17) is 10.5 Å². The molecule has 2 heterocycles. The molecule has 2 unspecified atom stereocenters. The third kappa shape index (κ3) is 2.76. The number of ether oxygens (including phenoxy) is 1. The molecule has 1 aromatic rings. The van der Waals surface area contributed by atoms with Gasteiger partial charge in [-0.15, -0.1) is 0 Å². The molecule has 2 N–H and O–H groups in total. The van der Waals surface area contributed by atoms with E-state index in [9.17, 15) is 4.79 Å². The van der Waals surface area contributed by atoms with Crippen molar-refractivity contribution in [2.45, 2.75) is 51.4 Å². The van der Waals surface area contributed by atoms with Crippen LogP contribution in [0.5, 0.6) is 0 Å². The molecule has 6 nitrogen and oxygen atoms in total. The van der Waals surface area contributed by atoms with Crippen LogP contribution in [0.2, 0.25) is 0 Å². The van der Waals surface area contributed by atoms with Gasteiger partial charge < -0.3 is 10.5 Å². The third-order valence-electron chi connectivity index (χ3n) is 3.20. The molecule has 1 aromatic heterocycles. The Morgan fingerprint density at radius 2 is 2.39 bits per heavy atom. The summed E-state index contributed by atoms with van der Waals surface area (Å²) in [5.74, 6) is 0.774. The van der Waals surface area contributed by atoms with Gasteiger partial charge in [0.2, 0.25) is 0 Å². The predicted molar refractivity (Wildman–Crippen MR) is 66.1 cm³/mol. The Morgan fingerprint density at radius 3 is 3.00 bits per heavy atom. The van der Waals surface area contributed by atoms with Crippen molar-refractivity contribution in [2.75, 3.05) is 6.54 Å². The van der Waals surface area contributed by atoms with E-state index in [2.05, 4.69) is 10.1 Å². The number of carbonyl (C=O) groups excluding carboxylic acids is 1. The van der Waals surface area contributed by atoms with E-state index >= 15 is 0 Å². The Balaban J connectivity index is 1.97. The number of ketones is 1. The predicted octanol–water partition coefficient (Wildman–Crippen LogP) is 0.477. The summed E-state index contributed by atoms with van der Waals surface area (Å²) in [5, 5.41) is 4.12. The molecule has 1 aliphatic heterocycles. The fourth-order valence-corrected chi connectivity index (χ4v) is 2.22. The molecule has 0 saturated carbocycles. The van der Waals surface area contributed by atoms with Gasteiger partial charge in [-0.2, -0.15) is 5.10 Å². The molecule has 2 atom stereocenters. The summed E-state index contributed by atoms with van der Waals surface area (Å²) in [7, 11) is 0. The van der Waals surface area contributed by atoms with Gasteiger partial charge in [0.15, 0.2) is 5.78 Å². The van der Waals surface area contributed by atoms with Crippen molar-refractivity contribution < 1.29 is 9.53 Å². The quantitative estimate of drug-likeness (QED) is 0.824. The second kappa shape index (κ2) is 5.58. The van der Waals surface area contributed by atoms with Crippen LogP contribution in [0.4, 0.5) is 0 Å². The Bertz CT molecular complexity index is 416. The minimum atomic E-state index is -0.323. The second-order valence-electron chi connectivity index (χ2n) is 4.92. The largest absolute Gasteiger partial charge is 0.366 e. The molecule has 0 radical (unpaired) electrons. The molecule has 2 rings (SSSR count). The molecule has 0 bridgehead atoms. The molecular formula is C12H20N4O2. The number of hydrogen-bond acceptors (Lipinski definition) is 5. The summed E-state index contributed by atoms with van der Waals surface area (Å²) in [6, 6.07) is 0.205. The summed E-state index contributed by atoms with van der Waals surface area (Å²) < 4.78 is 7.36. The first-order valence-corrected chi connectivity index (χ1v) is 6.38. The summed E-state index contributed by atoms with van der Waals surface area (Å²) >= 11 is 0. The summed E-state index contributed by atoms with van der Waals surface area (Å²) in [6.45, 7) is 4.50. The van der Waals surface area contributed by atoms with E-state index in [0.29, 0.717) is 12.4 Å². The molecule has 1 fully saturated rings. The zero-order valence-corrected chi connectivity index (χ0v) is 10.9. The fraction of sp³-hybridized carbons (Fsp3) is 0.750. The van der Waals surface area contributed by atoms with Crippen LogP contribution in [0.15, 0.2) is 6.33 Å². The van der Waals surface area contributed by atoms with Crippen molar-refractivity contribution in [1.29, 1.82) is 0 Å². The van der Waals surface area contributed by atoms with E-state index in [0.717, 1.165) is 12.8 Å². The van der Waals surface area contributed by atoms with E-state index in [1.54, 1.807) is 4.68 Å². The van der Waals surface area contributed by atoms with Crippen LogP contribution in [0.1, 0.15) is 38.6 Å². The number of Topliss-reactive ketones (excluding diaryl/α,β-unsaturated/α-hetero) is 1. The van der Waals surface area contributed by atoms with Crippen molar-refractivity contribution >= 4 is 5.78 Å². The molecule has 18 heavy (non-hydrogen) atoms. The summed E-state index contributed by atoms with van der Waals surface area (Å²) in [4.78, 5) is 16.2. The lowest BCUT2D eigenvalue weighted by Gasteiger charge is -2.12. The smallest absolute Gasteiger partial charge is 0.169 e. The molecule has 0 amide bonds. The van der Waals surface area contributed by atoms with Crippen LogP contribution in [-0.2, 0) is 16.0 Å². The second-order valence-corrected chi connectivity index (χ2v) is 4.92. The normalized spacial score (nSPS) is 23.8. The summed E-state index contributed by atoms with van der Waals surface area (Å²) in [5.41, 5.74) is 5.53. The monoisotopic (exact) mass is 252 g/mol. The third-order valence-corrected chi connectivity index (χ3v) is 3.20. The van der Waals surface area contributed by atoms with Crippen LogP contribution >= 0.6 is 0 Å². The molecule has 0 aromatic carbocycles. The van der Waals surface area contributed by atoms with Gasteiger partial charge >= 0.3 is 0 Å². The maximum absolute atomic E-state index is 12.1. The van der Waals surface area contributed by atoms with Crippen LogP contribution in [0.25, 0.3) is 0 Å². The minimum absolute atomic E-state index is 0.0296. The zero-order valence-electron chi connectivity index (χ0n) is 10.9. The van der Waals surface area contributed by atoms with Gasteiger partial charge in [-0.05, 0) is 26.7 Å². The highest BCUT2D eigenvalue weighted by molar-refractivity contribution is 5.84. The topological polar surface area (TPSA) is 83.0 Å². The van der Waals surface area contributed by atoms with Crippen molar-refractivity contribution in [3.63, 3.8) is 0 Å².